The summed E-state index contributed by atoms with van der Waals surface area (Å²) < 4.78 is 38.6. The zero-order chi connectivity index (χ0) is 56.2. The summed E-state index contributed by atoms with van der Waals surface area (Å²) in [4.78, 5) is 66.6. The van der Waals surface area contributed by atoms with Gasteiger partial charge in [0.15, 0.2) is 5.82 Å². The fraction of sp³-hybridized carbons (Fsp3) is 0.492. The third-order valence-electron chi connectivity index (χ3n) is 16.3. The molecule has 80 heavy (non-hydrogen) atoms. The molecule has 10 rings (SSSR count). The Hall–Kier alpha value is -6.85. The van der Waals surface area contributed by atoms with Crippen molar-refractivity contribution in [2.75, 3.05) is 44.2 Å². The Balaban J connectivity index is 0.675. The molecule has 422 valence electrons. The van der Waals surface area contributed by atoms with E-state index in [0.29, 0.717) is 36.1 Å². The molecule has 3 aromatic carbocycles. The van der Waals surface area contributed by atoms with Crippen LogP contribution < -0.4 is 25.6 Å². The van der Waals surface area contributed by atoms with Crippen LogP contribution in [0, 0.1) is 36.3 Å². The molecule has 4 aliphatic rings. The van der Waals surface area contributed by atoms with E-state index in [-0.39, 0.29) is 101 Å². The number of piperazine rings is 1. The van der Waals surface area contributed by atoms with Crippen LogP contribution in [-0.2, 0) is 20.9 Å². The Labute approximate surface area is 470 Å². The summed E-state index contributed by atoms with van der Waals surface area (Å²) in [5.41, 5.74) is 4.11. The number of unbranched alkanes of at least 4 members (excludes halogenated alkanes) is 5. The Morgan fingerprint density at radius 1 is 0.938 bits per heavy atom. The van der Waals surface area contributed by atoms with Crippen molar-refractivity contribution in [1.82, 2.24) is 45.7 Å². The van der Waals surface area contributed by atoms with Gasteiger partial charge in [-0.25, -0.2) is 13.8 Å². The van der Waals surface area contributed by atoms with Crippen molar-refractivity contribution < 1.29 is 38.1 Å². The lowest BCUT2D eigenvalue weighted by Gasteiger charge is -2.35. The van der Waals surface area contributed by atoms with Gasteiger partial charge in [-0.15, -0.1) is 17.8 Å². The Morgan fingerprint density at radius 3 is 2.36 bits per heavy atom. The lowest BCUT2D eigenvalue weighted by atomic mass is 9.85. The first kappa shape index (κ1) is 56.4. The molecule has 2 unspecified atom stereocenters. The number of aromatic nitrogens is 4. The number of likely N-dealkylation sites (tertiary alicyclic amines) is 2. The van der Waals surface area contributed by atoms with Crippen LogP contribution in [0.1, 0.15) is 115 Å². The third kappa shape index (κ3) is 12.7. The van der Waals surface area contributed by atoms with E-state index < -0.39 is 35.2 Å². The van der Waals surface area contributed by atoms with Crippen molar-refractivity contribution in [3.8, 4) is 45.8 Å². The van der Waals surface area contributed by atoms with Crippen LogP contribution in [0.3, 0.4) is 0 Å². The number of rotatable bonds is 19. The van der Waals surface area contributed by atoms with Gasteiger partial charge >= 0.3 is 6.01 Å². The number of halogens is 2. The number of aryl methyl sites for hydroxylation is 1. The number of β-amino-alcohol motifs (C(OH)–C–C–N with tert-alkyl or cyclic N) is 1. The number of benzene rings is 3. The summed E-state index contributed by atoms with van der Waals surface area (Å²) in [7, 11) is 0. The molecule has 2 bridgehead atoms. The molecule has 3 aromatic heterocycles. The van der Waals surface area contributed by atoms with Crippen molar-refractivity contribution in [3.05, 3.63) is 88.7 Å². The lowest BCUT2D eigenvalue weighted by Crippen LogP contribution is -2.57. The van der Waals surface area contributed by atoms with Crippen LogP contribution in [0.4, 0.5) is 14.6 Å². The SMILES string of the molecule is C#Cc1c(F)ccc2cc(O)cc(-c3ncc4c(N5CC6CCC(C5)N6)nc(OC5CCN(CCCCCCCCC(=O)N[C@H](C(=O)N6C[C@H](O)C[C@H]6C(=O)NCc6ccc(-c7scnc7C)cc6)C(C)(C)C)CC5)nc4c3F)c12. The van der Waals surface area contributed by atoms with E-state index >= 15 is 8.78 Å². The quantitative estimate of drug-likeness (QED) is 0.0382. The Kier molecular flexibility index (Phi) is 17.3. The van der Waals surface area contributed by atoms with Crippen LogP contribution in [0.25, 0.3) is 43.4 Å². The molecule has 19 heteroatoms. The maximum atomic E-state index is 17.1. The standard InChI is InChI=1S/C61H72F2N10O6S/c1-6-45-48(62)21-18-39-27-42(74)28-46(51(39)45)53-52(63)54-47(31-64-53)57(72-32-40-19-20-41(33-72)67-40)70-60(69-54)79-44-22-25-71(26-23-44)24-12-10-8-7-9-11-13-50(76)68-56(61(3,4)5)59(78)73-34-43(75)29-49(73)58(77)65-30-37-14-16-38(17-15-37)55-36(2)66-35-80-55/h1,14-18,21,27-28,31,35,40-41,43-44,49,56,67,74-75H,7-13,19-20,22-26,29-30,32-34H2,2-5H3,(H,65,77)(H,68,76)/t40?,41?,43-,49+,56-/m1/s1. The number of carbonyl (C=O) groups is 3. The van der Waals surface area contributed by atoms with Gasteiger partial charge in [0.2, 0.25) is 17.7 Å². The third-order valence-corrected chi connectivity index (χ3v) is 17.2. The number of hydrogen-bond acceptors (Lipinski definition) is 14. The highest BCUT2D eigenvalue weighted by Crippen LogP contribution is 2.40. The highest BCUT2D eigenvalue weighted by atomic mass is 32.1. The van der Waals surface area contributed by atoms with Gasteiger partial charge in [-0.3, -0.25) is 19.4 Å². The van der Waals surface area contributed by atoms with Crippen LogP contribution >= 0.6 is 11.3 Å². The molecule has 0 saturated carbocycles. The summed E-state index contributed by atoms with van der Waals surface area (Å²) >= 11 is 1.58. The molecule has 5 N–H and O–H groups in total. The number of pyridine rings is 1. The number of fused-ring (bicyclic) bond motifs is 4. The van der Waals surface area contributed by atoms with Gasteiger partial charge in [0.05, 0.1) is 33.1 Å². The molecule has 4 fully saturated rings. The number of carbonyl (C=O) groups excluding carboxylic acids is 3. The van der Waals surface area contributed by atoms with E-state index in [9.17, 15) is 24.6 Å². The number of phenols is 1. The topological polar surface area (TPSA) is 198 Å². The number of hydrogen-bond donors (Lipinski definition) is 5. The Morgan fingerprint density at radius 2 is 1.66 bits per heavy atom. The second-order valence-corrected chi connectivity index (χ2v) is 24.0. The van der Waals surface area contributed by atoms with Crippen molar-refractivity contribution >= 4 is 56.6 Å². The second kappa shape index (κ2) is 24.5. The molecular formula is C61H72F2N10O6S. The number of piperidine rings is 1. The van der Waals surface area contributed by atoms with Gasteiger partial charge in [-0.1, -0.05) is 82.7 Å². The number of aromatic hydroxyl groups is 1. The van der Waals surface area contributed by atoms with Crippen LogP contribution in [0.5, 0.6) is 11.8 Å². The van der Waals surface area contributed by atoms with Crippen molar-refractivity contribution in [2.24, 2.45) is 5.41 Å². The molecule has 3 amide bonds. The van der Waals surface area contributed by atoms with E-state index in [1.54, 1.807) is 17.5 Å². The zero-order valence-corrected chi connectivity index (χ0v) is 46.9. The van der Waals surface area contributed by atoms with Gasteiger partial charge in [0.1, 0.15) is 46.8 Å². The Bertz CT molecular complexity index is 3270. The minimum absolute atomic E-state index is 0.0174. The largest absolute Gasteiger partial charge is 0.508 e. The molecule has 6 aromatic rings. The maximum absolute atomic E-state index is 17.1. The fourth-order valence-corrected chi connectivity index (χ4v) is 12.8. The normalized spacial score (nSPS) is 20.1. The predicted molar refractivity (Wildman–Crippen MR) is 306 cm³/mol. The first-order valence-corrected chi connectivity index (χ1v) is 29.1. The number of aliphatic hydroxyl groups is 1. The van der Waals surface area contributed by atoms with Gasteiger partial charge in [-0.2, -0.15) is 9.97 Å². The van der Waals surface area contributed by atoms with Gasteiger partial charge in [-0.05, 0) is 92.1 Å². The highest BCUT2D eigenvalue weighted by Gasteiger charge is 2.44. The number of anilines is 1. The maximum Gasteiger partial charge on any atom is 0.319 e. The van der Waals surface area contributed by atoms with E-state index in [4.69, 9.17) is 16.1 Å². The van der Waals surface area contributed by atoms with E-state index in [1.807, 2.05) is 57.5 Å². The zero-order valence-electron chi connectivity index (χ0n) is 46.1. The molecule has 16 nitrogen and oxygen atoms in total. The number of ether oxygens (including phenoxy) is 1. The average Bonchev–Trinajstić information content (AvgIpc) is 3.94. The summed E-state index contributed by atoms with van der Waals surface area (Å²) in [5.74, 6) is 0.495. The number of nitrogens with one attached hydrogen (secondary N) is 3. The monoisotopic (exact) mass is 1110 g/mol. The molecule has 4 aliphatic heterocycles. The molecule has 5 atom stereocenters. The number of amides is 3. The van der Waals surface area contributed by atoms with Gasteiger partial charge < -0.3 is 45.6 Å². The number of phenolic OH excluding ortho intramolecular Hbond substituents is 1. The van der Waals surface area contributed by atoms with E-state index in [2.05, 4.69) is 46.6 Å². The molecule has 0 spiro atoms. The van der Waals surface area contributed by atoms with Crippen LogP contribution in [-0.4, -0.2) is 133 Å². The fourth-order valence-electron chi connectivity index (χ4n) is 12.0. The first-order chi connectivity index (χ1) is 38.5. The van der Waals surface area contributed by atoms with Crippen LogP contribution in [0.2, 0.25) is 0 Å². The van der Waals surface area contributed by atoms with E-state index in [1.165, 1.54) is 29.2 Å². The smallest absolute Gasteiger partial charge is 0.319 e. The molecule has 0 radical (unpaired) electrons. The summed E-state index contributed by atoms with van der Waals surface area (Å²) in [6.07, 6.45) is 16.0. The first-order valence-electron chi connectivity index (χ1n) is 28.2. The summed E-state index contributed by atoms with van der Waals surface area (Å²) in [6.45, 7) is 11.9. The van der Waals surface area contributed by atoms with Gasteiger partial charge in [0.25, 0.3) is 0 Å². The minimum Gasteiger partial charge on any atom is -0.508 e. The number of thiazole rings is 1. The second-order valence-electron chi connectivity index (χ2n) is 23.2. The number of aliphatic hydroxyl groups excluding tert-OH is 1. The average molecular weight is 1110 g/mol. The van der Waals surface area contributed by atoms with Crippen molar-refractivity contribution in [1.29, 1.82) is 0 Å². The highest BCUT2D eigenvalue weighted by molar-refractivity contribution is 7.13. The molecule has 7 heterocycles. The van der Waals surface area contributed by atoms with Gasteiger partial charge in [0, 0.05) is 81.3 Å². The van der Waals surface area contributed by atoms with Crippen molar-refractivity contribution in [2.45, 2.75) is 148 Å². The van der Waals surface area contributed by atoms with Crippen LogP contribution in [0.15, 0.2) is 60.2 Å². The van der Waals surface area contributed by atoms with Crippen molar-refractivity contribution in [3.63, 3.8) is 0 Å². The number of nitrogens with zero attached hydrogens (tertiary/aromatic N) is 7. The lowest BCUT2D eigenvalue weighted by molar-refractivity contribution is -0.144. The molecule has 4 saturated heterocycles. The molecular weight excluding hydrogens is 1040 g/mol. The minimum atomic E-state index is -0.873. The van der Waals surface area contributed by atoms with E-state index in [0.717, 1.165) is 99.1 Å². The molecule has 0 aliphatic carbocycles. The summed E-state index contributed by atoms with van der Waals surface area (Å²) in [6, 6.07) is 12.4. The predicted octanol–water partition coefficient (Wildman–Crippen LogP) is 8.57. The number of terminal acetylenes is 1. The summed E-state index contributed by atoms with van der Waals surface area (Å²) in [5, 5.41) is 32.1.